The van der Waals surface area contributed by atoms with Crippen LogP contribution in [0.4, 0.5) is 10.5 Å². The van der Waals surface area contributed by atoms with E-state index in [1.165, 1.54) is 0 Å². The van der Waals surface area contributed by atoms with Gasteiger partial charge in [0.2, 0.25) is 0 Å². The van der Waals surface area contributed by atoms with Crippen molar-refractivity contribution >= 4 is 22.7 Å². The maximum Gasteiger partial charge on any atom is 0.407 e. The van der Waals surface area contributed by atoms with Crippen molar-refractivity contribution in [1.82, 2.24) is 10.3 Å². The second-order valence-corrected chi connectivity index (χ2v) is 9.47. The fourth-order valence-corrected chi connectivity index (χ4v) is 4.50. The molecule has 2 heterocycles. The van der Waals surface area contributed by atoms with Crippen LogP contribution in [0.15, 0.2) is 24.4 Å². The molecule has 1 aliphatic carbocycles. The summed E-state index contributed by atoms with van der Waals surface area (Å²) in [6.45, 7) is 8.02. The van der Waals surface area contributed by atoms with Crippen molar-refractivity contribution in [2.45, 2.75) is 58.1 Å². The van der Waals surface area contributed by atoms with E-state index in [-0.39, 0.29) is 12.1 Å². The number of amides is 1. The lowest BCUT2D eigenvalue weighted by molar-refractivity contribution is 0.0487. The fourth-order valence-electron chi connectivity index (χ4n) is 4.50. The molecule has 1 fully saturated rings. The molecule has 0 bridgehead atoms. The van der Waals surface area contributed by atoms with Crippen LogP contribution < -0.4 is 15.0 Å². The van der Waals surface area contributed by atoms with Gasteiger partial charge in [-0.1, -0.05) is 0 Å². The summed E-state index contributed by atoms with van der Waals surface area (Å²) in [5.41, 5.74) is 2.07. The van der Waals surface area contributed by atoms with Gasteiger partial charge >= 0.3 is 6.09 Å². The molecule has 7 heteroatoms. The normalized spacial score (nSPS) is 21.0. The minimum absolute atomic E-state index is 0.172. The summed E-state index contributed by atoms with van der Waals surface area (Å²) in [6, 6.07) is 8.00. The van der Waals surface area contributed by atoms with Crippen LogP contribution in [0, 0.1) is 17.2 Å². The topological polar surface area (TPSA) is 87.5 Å². The number of fused-ring (bicyclic) bond motifs is 3. The van der Waals surface area contributed by atoms with E-state index in [1.807, 2.05) is 32.9 Å². The van der Waals surface area contributed by atoms with Gasteiger partial charge in [0.1, 0.15) is 12.2 Å². The van der Waals surface area contributed by atoms with Gasteiger partial charge in [0, 0.05) is 18.0 Å². The minimum Gasteiger partial charge on any atom is -0.488 e. The first-order chi connectivity index (χ1) is 14.8. The Hall–Kier alpha value is -3.01. The van der Waals surface area contributed by atoms with Gasteiger partial charge in [-0.15, -0.1) is 0 Å². The third-order valence-electron chi connectivity index (χ3n) is 5.92. The first kappa shape index (κ1) is 21.2. The highest BCUT2D eigenvalue weighted by Crippen LogP contribution is 2.39. The van der Waals surface area contributed by atoms with E-state index in [2.05, 4.69) is 21.3 Å². The molecule has 2 aromatic rings. The Morgan fingerprint density at radius 1 is 1.32 bits per heavy atom. The Morgan fingerprint density at radius 2 is 2.10 bits per heavy atom. The molecule has 0 radical (unpaired) electrons. The van der Waals surface area contributed by atoms with Crippen molar-refractivity contribution in [1.29, 1.82) is 5.26 Å². The fraction of sp³-hybridized carbons (Fsp3) is 0.542. The SMILES string of the molecule is CC(C)(C)OC(=O)NC1CCC(CN2CCOc3cnc4ccc(C#N)cc4c32)CC1. The number of aromatic nitrogens is 1. The third kappa shape index (κ3) is 5.01. The van der Waals surface area contributed by atoms with Crippen LogP contribution >= 0.6 is 0 Å². The molecule has 164 valence electrons. The highest BCUT2D eigenvalue weighted by atomic mass is 16.6. The van der Waals surface area contributed by atoms with Crippen molar-refractivity contribution < 1.29 is 14.3 Å². The highest BCUT2D eigenvalue weighted by molar-refractivity contribution is 5.96. The number of hydrogen-bond acceptors (Lipinski definition) is 6. The molecule has 0 unspecified atom stereocenters. The number of carbonyl (C=O) groups is 1. The zero-order chi connectivity index (χ0) is 22.0. The summed E-state index contributed by atoms with van der Waals surface area (Å²) in [5, 5.41) is 13.3. The molecule has 1 saturated carbocycles. The summed E-state index contributed by atoms with van der Waals surface area (Å²) in [6.07, 6.45) is 5.48. The predicted molar refractivity (Wildman–Crippen MR) is 119 cm³/mol. The summed E-state index contributed by atoms with van der Waals surface area (Å²) in [4.78, 5) is 18.9. The Balaban J connectivity index is 1.42. The molecule has 4 rings (SSSR count). The van der Waals surface area contributed by atoms with E-state index in [4.69, 9.17) is 9.47 Å². The summed E-state index contributed by atoms with van der Waals surface area (Å²) in [7, 11) is 0. The Morgan fingerprint density at radius 3 is 2.81 bits per heavy atom. The largest absolute Gasteiger partial charge is 0.488 e. The van der Waals surface area contributed by atoms with E-state index in [0.717, 1.165) is 61.1 Å². The number of nitriles is 1. The molecule has 1 N–H and O–H groups in total. The van der Waals surface area contributed by atoms with Gasteiger partial charge in [-0.05, 0) is 70.6 Å². The van der Waals surface area contributed by atoms with Gasteiger partial charge in [0.05, 0.1) is 35.6 Å². The molecule has 1 amide bonds. The van der Waals surface area contributed by atoms with Crippen molar-refractivity contribution in [3.63, 3.8) is 0 Å². The molecule has 0 spiro atoms. The number of carbonyl (C=O) groups excluding carboxylic acids is 1. The van der Waals surface area contributed by atoms with Crippen LogP contribution in [0.3, 0.4) is 0 Å². The smallest absolute Gasteiger partial charge is 0.407 e. The lowest BCUT2D eigenvalue weighted by atomic mass is 9.85. The van der Waals surface area contributed by atoms with Gasteiger partial charge in [-0.25, -0.2) is 4.79 Å². The average molecular weight is 423 g/mol. The number of rotatable bonds is 3. The maximum absolute atomic E-state index is 12.1. The lowest BCUT2D eigenvalue weighted by Gasteiger charge is -2.37. The average Bonchev–Trinajstić information content (AvgIpc) is 2.73. The van der Waals surface area contributed by atoms with Crippen molar-refractivity contribution in [3.8, 4) is 11.8 Å². The van der Waals surface area contributed by atoms with E-state index in [1.54, 1.807) is 12.3 Å². The van der Waals surface area contributed by atoms with Crippen LogP contribution in [-0.2, 0) is 4.74 Å². The molecular formula is C24H30N4O3. The van der Waals surface area contributed by atoms with Crippen LogP contribution in [0.25, 0.3) is 10.9 Å². The van der Waals surface area contributed by atoms with E-state index in [9.17, 15) is 10.1 Å². The van der Waals surface area contributed by atoms with Crippen LogP contribution in [-0.4, -0.2) is 42.4 Å². The Bertz CT molecular complexity index is 1000. The number of nitrogens with zero attached hydrogens (tertiary/aromatic N) is 3. The first-order valence-electron chi connectivity index (χ1n) is 11.0. The minimum atomic E-state index is -0.478. The summed E-state index contributed by atoms with van der Waals surface area (Å²) < 4.78 is 11.3. The Kier molecular flexibility index (Phi) is 5.90. The van der Waals surface area contributed by atoms with E-state index >= 15 is 0 Å². The maximum atomic E-state index is 12.1. The quantitative estimate of drug-likeness (QED) is 0.789. The second-order valence-electron chi connectivity index (χ2n) is 9.47. The van der Waals surface area contributed by atoms with Gasteiger partial charge in [0.15, 0.2) is 5.75 Å². The molecule has 1 aliphatic heterocycles. The van der Waals surface area contributed by atoms with Crippen molar-refractivity contribution in [2.75, 3.05) is 24.6 Å². The predicted octanol–water partition coefficient (Wildman–Crippen LogP) is 4.39. The van der Waals surface area contributed by atoms with Crippen molar-refractivity contribution in [3.05, 3.63) is 30.0 Å². The molecule has 2 aliphatic rings. The zero-order valence-electron chi connectivity index (χ0n) is 18.5. The Labute approximate surface area is 183 Å². The number of pyridine rings is 1. The number of anilines is 1. The summed E-state index contributed by atoms with van der Waals surface area (Å²) >= 11 is 0. The molecule has 0 saturated heterocycles. The van der Waals surface area contributed by atoms with Crippen LogP contribution in [0.5, 0.6) is 5.75 Å². The highest BCUT2D eigenvalue weighted by Gasteiger charge is 2.28. The zero-order valence-corrected chi connectivity index (χ0v) is 18.5. The molecule has 1 aromatic carbocycles. The van der Waals surface area contributed by atoms with E-state index < -0.39 is 5.60 Å². The number of nitrogens with one attached hydrogen (secondary N) is 1. The van der Waals surface area contributed by atoms with Gasteiger partial charge in [0.25, 0.3) is 0 Å². The number of alkyl carbamates (subject to hydrolysis) is 1. The van der Waals surface area contributed by atoms with Gasteiger partial charge < -0.3 is 19.7 Å². The number of benzene rings is 1. The molecular weight excluding hydrogens is 392 g/mol. The molecule has 1 aromatic heterocycles. The lowest BCUT2D eigenvalue weighted by Crippen LogP contribution is -2.43. The number of ether oxygens (including phenoxy) is 2. The first-order valence-corrected chi connectivity index (χ1v) is 11.0. The van der Waals surface area contributed by atoms with Crippen LogP contribution in [0.1, 0.15) is 52.0 Å². The number of hydrogen-bond donors (Lipinski definition) is 1. The van der Waals surface area contributed by atoms with Gasteiger partial charge in [-0.3, -0.25) is 4.98 Å². The third-order valence-corrected chi connectivity index (χ3v) is 5.92. The summed E-state index contributed by atoms with van der Waals surface area (Å²) in [5.74, 6) is 1.33. The molecule has 7 nitrogen and oxygen atoms in total. The van der Waals surface area contributed by atoms with Gasteiger partial charge in [-0.2, -0.15) is 5.26 Å². The van der Waals surface area contributed by atoms with Crippen molar-refractivity contribution in [2.24, 2.45) is 5.92 Å². The molecule has 0 atom stereocenters. The second kappa shape index (κ2) is 8.62. The standard InChI is InChI=1S/C24H30N4O3/c1-24(2,3)31-23(29)27-18-7-4-16(5-8-18)15-28-10-11-30-21-14-26-20-9-6-17(13-25)12-19(20)22(21)28/h6,9,12,14,16,18H,4-5,7-8,10-11,15H2,1-3H3,(H,27,29). The molecule has 31 heavy (non-hydrogen) atoms. The monoisotopic (exact) mass is 422 g/mol. The van der Waals surface area contributed by atoms with E-state index in [0.29, 0.717) is 18.1 Å². The van der Waals surface area contributed by atoms with Crippen LogP contribution in [0.2, 0.25) is 0 Å².